The lowest BCUT2D eigenvalue weighted by Crippen LogP contribution is -2.35. The third-order valence-electron chi connectivity index (χ3n) is 3.55. The molecule has 0 bridgehead atoms. The van der Waals surface area contributed by atoms with E-state index < -0.39 is 18.5 Å². The minimum Gasteiger partial charge on any atom is -0.496 e. The first kappa shape index (κ1) is 19.3. The number of rotatable bonds is 7. The van der Waals surface area contributed by atoms with Crippen molar-refractivity contribution in [3.05, 3.63) is 54.1 Å². The van der Waals surface area contributed by atoms with E-state index in [4.69, 9.17) is 14.7 Å². The summed E-state index contributed by atoms with van der Waals surface area (Å²) in [6.07, 6.45) is 1.92. The molecule has 6 nitrogen and oxygen atoms in total. The zero-order valence-corrected chi connectivity index (χ0v) is 15.3. The van der Waals surface area contributed by atoms with Crippen LogP contribution in [0.3, 0.4) is 0 Å². The number of carbonyl (C=O) groups is 2. The number of benzene rings is 2. The van der Waals surface area contributed by atoms with E-state index in [0.29, 0.717) is 11.4 Å². The van der Waals surface area contributed by atoms with Gasteiger partial charge in [0.2, 0.25) is 0 Å². The van der Waals surface area contributed by atoms with Crippen molar-refractivity contribution >= 4 is 29.3 Å². The van der Waals surface area contributed by atoms with Crippen molar-refractivity contribution in [3.8, 4) is 11.8 Å². The summed E-state index contributed by atoms with van der Waals surface area (Å²) in [5.41, 5.74) is 0.807. The van der Waals surface area contributed by atoms with Gasteiger partial charge in [0.25, 0.3) is 5.91 Å². The van der Waals surface area contributed by atoms with Gasteiger partial charge in [0.1, 0.15) is 17.9 Å². The standard InChI is InChI=1S/C19H18N2O4S/c1-24-17-12-15(26-2)8-9-16(17)19(23)25-13-18(22)21(11-10-20)14-6-4-3-5-7-14/h3-9,12H,11,13H2,1-2H3. The van der Waals surface area contributed by atoms with E-state index in [9.17, 15) is 9.59 Å². The Bertz CT molecular complexity index is 818. The molecule has 7 heteroatoms. The number of amides is 1. The average molecular weight is 370 g/mol. The summed E-state index contributed by atoms with van der Waals surface area (Å²) in [6, 6.07) is 15.8. The zero-order valence-electron chi connectivity index (χ0n) is 14.5. The first-order chi connectivity index (χ1) is 12.6. The van der Waals surface area contributed by atoms with Gasteiger partial charge in [-0.15, -0.1) is 11.8 Å². The number of hydrogen-bond donors (Lipinski definition) is 0. The molecule has 0 spiro atoms. The SMILES string of the molecule is COc1cc(SC)ccc1C(=O)OCC(=O)N(CC#N)c1ccccc1. The van der Waals surface area contributed by atoms with Gasteiger partial charge in [0.05, 0.1) is 13.2 Å². The number of carbonyl (C=O) groups excluding carboxylic acids is 2. The Labute approximate surface area is 156 Å². The fraction of sp³-hybridized carbons (Fsp3) is 0.211. The number of hydrogen-bond acceptors (Lipinski definition) is 6. The van der Waals surface area contributed by atoms with Crippen LogP contribution in [-0.4, -0.2) is 38.4 Å². The minimum absolute atomic E-state index is 0.133. The molecule has 2 rings (SSSR count). The summed E-state index contributed by atoms with van der Waals surface area (Å²) in [4.78, 5) is 26.9. The fourth-order valence-electron chi connectivity index (χ4n) is 2.25. The van der Waals surface area contributed by atoms with Crippen LogP contribution >= 0.6 is 11.8 Å². The molecule has 0 radical (unpaired) electrons. The largest absolute Gasteiger partial charge is 0.496 e. The van der Waals surface area contributed by atoms with Crippen LogP contribution in [0.15, 0.2) is 53.4 Å². The van der Waals surface area contributed by atoms with Crippen LogP contribution in [0.1, 0.15) is 10.4 Å². The molecule has 0 aliphatic rings. The summed E-state index contributed by atoms with van der Waals surface area (Å²) in [7, 11) is 1.46. The number of anilines is 1. The molecule has 1 amide bonds. The molecule has 134 valence electrons. The van der Waals surface area contributed by atoms with Gasteiger partial charge in [-0.05, 0) is 36.6 Å². The number of esters is 1. The Hall–Kier alpha value is -2.98. The summed E-state index contributed by atoms with van der Waals surface area (Å²) in [5, 5.41) is 8.95. The normalized spacial score (nSPS) is 9.88. The molecule has 0 aliphatic carbocycles. The quantitative estimate of drug-likeness (QED) is 0.423. The second-order valence-electron chi connectivity index (χ2n) is 5.12. The molecule has 0 aliphatic heterocycles. The molecule has 0 fully saturated rings. The predicted octanol–water partition coefficient (Wildman–Crippen LogP) is 3.13. The van der Waals surface area contributed by atoms with Crippen molar-refractivity contribution in [1.29, 1.82) is 5.26 Å². The second kappa shape index (κ2) is 9.49. The molecule has 0 N–H and O–H groups in total. The Morgan fingerprint density at radius 3 is 2.54 bits per heavy atom. The van der Waals surface area contributed by atoms with Crippen LogP contribution in [0.5, 0.6) is 5.75 Å². The second-order valence-corrected chi connectivity index (χ2v) is 6.00. The van der Waals surface area contributed by atoms with Gasteiger partial charge in [-0.3, -0.25) is 9.69 Å². The Morgan fingerprint density at radius 1 is 1.19 bits per heavy atom. The van der Waals surface area contributed by atoms with Crippen molar-refractivity contribution in [2.75, 3.05) is 31.4 Å². The van der Waals surface area contributed by atoms with E-state index in [1.54, 1.807) is 42.5 Å². The molecule has 0 atom stereocenters. The van der Waals surface area contributed by atoms with Crippen molar-refractivity contribution in [2.45, 2.75) is 4.90 Å². The zero-order chi connectivity index (χ0) is 18.9. The predicted molar refractivity (Wildman–Crippen MR) is 99.5 cm³/mol. The lowest BCUT2D eigenvalue weighted by molar-refractivity contribution is -0.121. The van der Waals surface area contributed by atoms with Crippen molar-refractivity contribution in [1.82, 2.24) is 0 Å². The third-order valence-corrected chi connectivity index (χ3v) is 4.28. The van der Waals surface area contributed by atoms with E-state index in [0.717, 1.165) is 4.90 Å². The van der Waals surface area contributed by atoms with Gasteiger partial charge < -0.3 is 9.47 Å². The number of thioether (sulfide) groups is 1. The number of para-hydroxylation sites is 1. The first-order valence-corrected chi connectivity index (χ1v) is 8.94. The Balaban J connectivity index is 2.08. The van der Waals surface area contributed by atoms with Gasteiger partial charge in [-0.1, -0.05) is 18.2 Å². The van der Waals surface area contributed by atoms with Gasteiger partial charge >= 0.3 is 5.97 Å². The Morgan fingerprint density at radius 2 is 1.92 bits per heavy atom. The molecule has 2 aromatic carbocycles. The highest BCUT2D eigenvalue weighted by molar-refractivity contribution is 7.98. The average Bonchev–Trinajstić information content (AvgIpc) is 2.70. The summed E-state index contributed by atoms with van der Waals surface area (Å²) in [5.74, 6) is -0.759. The van der Waals surface area contributed by atoms with Crippen molar-refractivity contribution in [3.63, 3.8) is 0 Å². The molecule has 0 unspecified atom stereocenters. The van der Waals surface area contributed by atoms with Gasteiger partial charge in [0, 0.05) is 10.6 Å². The van der Waals surface area contributed by atoms with E-state index in [1.165, 1.54) is 23.8 Å². The van der Waals surface area contributed by atoms with Gasteiger partial charge in [-0.2, -0.15) is 5.26 Å². The van der Waals surface area contributed by atoms with Crippen LogP contribution < -0.4 is 9.64 Å². The summed E-state index contributed by atoms with van der Waals surface area (Å²) in [6.45, 7) is -0.602. The molecule has 2 aromatic rings. The highest BCUT2D eigenvalue weighted by Crippen LogP contribution is 2.26. The monoisotopic (exact) mass is 370 g/mol. The van der Waals surface area contributed by atoms with Gasteiger partial charge in [0.15, 0.2) is 6.61 Å². The first-order valence-electron chi connectivity index (χ1n) is 7.72. The van der Waals surface area contributed by atoms with Crippen molar-refractivity contribution < 1.29 is 19.1 Å². The lowest BCUT2D eigenvalue weighted by atomic mass is 10.2. The van der Waals surface area contributed by atoms with Crippen LogP contribution in [-0.2, 0) is 9.53 Å². The van der Waals surface area contributed by atoms with Gasteiger partial charge in [-0.25, -0.2) is 4.79 Å². The number of ether oxygens (including phenoxy) is 2. The van der Waals surface area contributed by atoms with E-state index in [2.05, 4.69) is 0 Å². The molecular formula is C19H18N2O4S. The number of nitriles is 1. The third kappa shape index (κ3) is 4.77. The van der Waals surface area contributed by atoms with E-state index in [1.807, 2.05) is 18.4 Å². The molecular weight excluding hydrogens is 352 g/mol. The molecule has 0 heterocycles. The topological polar surface area (TPSA) is 79.6 Å². The maximum Gasteiger partial charge on any atom is 0.342 e. The van der Waals surface area contributed by atoms with Crippen LogP contribution in [0, 0.1) is 11.3 Å². The minimum atomic E-state index is -0.659. The van der Waals surface area contributed by atoms with Crippen LogP contribution in [0.4, 0.5) is 5.69 Å². The number of methoxy groups -OCH3 is 1. The molecule has 0 aromatic heterocycles. The highest BCUT2D eigenvalue weighted by Gasteiger charge is 2.20. The highest BCUT2D eigenvalue weighted by atomic mass is 32.2. The molecule has 0 saturated carbocycles. The molecule has 0 saturated heterocycles. The fourth-order valence-corrected chi connectivity index (χ4v) is 2.68. The number of nitrogens with zero attached hydrogens (tertiary/aromatic N) is 2. The van der Waals surface area contributed by atoms with Crippen LogP contribution in [0.25, 0.3) is 0 Å². The van der Waals surface area contributed by atoms with E-state index in [-0.39, 0.29) is 12.1 Å². The Kier molecular flexibility index (Phi) is 7.06. The smallest absolute Gasteiger partial charge is 0.342 e. The van der Waals surface area contributed by atoms with Crippen LogP contribution in [0.2, 0.25) is 0 Å². The van der Waals surface area contributed by atoms with E-state index >= 15 is 0 Å². The lowest BCUT2D eigenvalue weighted by Gasteiger charge is -2.19. The summed E-state index contributed by atoms with van der Waals surface area (Å²) < 4.78 is 10.3. The maximum absolute atomic E-state index is 12.4. The maximum atomic E-state index is 12.4. The summed E-state index contributed by atoms with van der Waals surface area (Å²) >= 11 is 1.52. The van der Waals surface area contributed by atoms with Crippen molar-refractivity contribution in [2.24, 2.45) is 0 Å². The molecule has 26 heavy (non-hydrogen) atoms.